The number of hydrogen-bond donors (Lipinski definition) is 1. The number of nitrogens with zero attached hydrogens (tertiary/aromatic N) is 1. The average Bonchev–Trinajstić information content (AvgIpc) is 2.50. The molecular formula is C17H15F3N2O2. The third-order valence-corrected chi connectivity index (χ3v) is 3.27. The second-order valence-electron chi connectivity index (χ2n) is 5.08. The molecule has 0 fully saturated rings. The molecule has 0 spiro atoms. The van der Waals surface area contributed by atoms with Gasteiger partial charge in [0.15, 0.2) is 11.6 Å². The van der Waals surface area contributed by atoms with E-state index in [0.29, 0.717) is 5.69 Å². The van der Waals surface area contributed by atoms with Crippen molar-refractivity contribution in [2.24, 2.45) is 0 Å². The molecule has 0 unspecified atom stereocenters. The maximum absolute atomic E-state index is 13.3. The molecule has 0 aliphatic carbocycles. The zero-order valence-electron chi connectivity index (χ0n) is 12.9. The Morgan fingerprint density at radius 3 is 2.42 bits per heavy atom. The van der Waals surface area contributed by atoms with Crippen molar-refractivity contribution in [2.75, 3.05) is 16.8 Å². The van der Waals surface area contributed by atoms with Gasteiger partial charge in [0.1, 0.15) is 5.82 Å². The van der Waals surface area contributed by atoms with Crippen molar-refractivity contribution in [3.8, 4) is 0 Å². The molecule has 7 heteroatoms. The van der Waals surface area contributed by atoms with Gasteiger partial charge in [-0.15, -0.1) is 0 Å². The highest BCUT2D eigenvalue weighted by atomic mass is 19.2. The Labute approximate surface area is 136 Å². The number of anilines is 2. The van der Waals surface area contributed by atoms with E-state index in [1.807, 2.05) is 0 Å². The molecule has 0 aliphatic rings. The summed E-state index contributed by atoms with van der Waals surface area (Å²) in [5.74, 6) is -3.44. The minimum absolute atomic E-state index is 0.0262. The van der Waals surface area contributed by atoms with E-state index in [2.05, 4.69) is 5.32 Å². The van der Waals surface area contributed by atoms with E-state index < -0.39 is 29.3 Å². The fourth-order valence-electron chi connectivity index (χ4n) is 2.12. The van der Waals surface area contributed by atoms with Crippen molar-refractivity contribution in [3.63, 3.8) is 0 Å². The number of nitrogens with one attached hydrogen (secondary N) is 1. The van der Waals surface area contributed by atoms with Gasteiger partial charge in [-0.3, -0.25) is 9.59 Å². The minimum Gasteiger partial charge on any atom is -0.326 e. The van der Waals surface area contributed by atoms with Gasteiger partial charge in [-0.2, -0.15) is 0 Å². The van der Waals surface area contributed by atoms with E-state index in [-0.39, 0.29) is 18.7 Å². The number of hydrogen-bond acceptors (Lipinski definition) is 2. The van der Waals surface area contributed by atoms with E-state index >= 15 is 0 Å². The smallest absolute Gasteiger partial charge is 0.226 e. The predicted molar refractivity (Wildman–Crippen MR) is 84.0 cm³/mol. The molecule has 1 N–H and O–H groups in total. The fraction of sp³-hybridized carbons (Fsp3) is 0.176. The molecular weight excluding hydrogens is 321 g/mol. The molecule has 0 radical (unpaired) electrons. The third kappa shape index (κ3) is 4.58. The van der Waals surface area contributed by atoms with Crippen molar-refractivity contribution < 1.29 is 22.8 Å². The van der Waals surface area contributed by atoms with Crippen LogP contribution in [-0.4, -0.2) is 18.4 Å². The van der Waals surface area contributed by atoms with Crippen LogP contribution in [0.4, 0.5) is 24.5 Å². The van der Waals surface area contributed by atoms with E-state index in [1.165, 1.54) is 31.2 Å². The maximum atomic E-state index is 13.3. The highest BCUT2D eigenvalue weighted by molar-refractivity contribution is 5.94. The first-order valence-electron chi connectivity index (χ1n) is 7.15. The van der Waals surface area contributed by atoms with Crippen LogP contribution in [0.15, 0.2) is 42.5 Å². The first-order chi connectivity index (χ1) is 11.4. The molecule has 0 atom stereocenters. The number of amides is 2. The summed E-state index contributed by atoms with van der Waals surface area (Å²) in [6.45, 7) is 1.23. The van der Waals surface area contributed by atoms with E-state index in [1.54, 1.807) is 0 Å². The Morgan fingerprint density at radius 2 is 1.79 bits per heavy atom. The molecule has 2 rings (SSSR count). The van der Waals surface area contributed by atoms with Crippen LogP contribution in [-0.2, 0) is 9.59 Å². The molecule has 0 aliphatic heterocycles. The highest BCUT2D eigenvalue weighted by Gasteiger charge is 2.15. The molecule has 0 bridgehead atoms. The van der Waals surface area contributed by atoms with Gasteiger partial charge >= 0.3 is 0 Å². The number of carbonyl (C=O) groups is 2. The van der Waals surface area contributed by atoms with Gasteiger partial charge in [-0.1, -0.05) is 6.07 Å². The molecule has 126 valence electrons. The predicted octanol–water partition coefficient (Wildman–Crippen LogP) is 3.49. The lowest BCUT2D eigenvalue weighted by atomic mass is 10.2. The molecule has 2 amide bonds. The molecule has 0 heterocycles. The van der Waals surface area contributed by atoms with Gasteiger partial charge in [0.25, 0.3) is 0 Å². The van der Waals surface area contributed by atoms with Gasteiger partial charge in [-0.25, -0.2) is 13.2 Å². The quantitative estimate of drug-likeness (QED) is 0.909. The first-order valence-corrected chi connectivity index (χ1v) is 7.15. The van der Waals surface area contributed by atoms with Crippen molar-refractivity contribution >= 4 is 23.2 Å². The van der Waals surface area contributed by atoms with Crippen molar-refractivity contribution in [3.05, 3.63) is 59.9 Å². The lowest BCUT2D eigenvalue weighted by Crippen LogP contribution is -2.32. The Kier molecular flexibility index (Phi) is 5.57. The summed E-state index contributed by atoms with van der Waals surface area (Å²) in [5, 5.41) is 2.50. The topological polar surface area (TPSA) is 49.4 Å². The molecule has 2 aromatic rings. The normalized spacial score (nSPS) is 10.3. The number of benzene rings is 2. The summed E-state index contributed by atoms with van der Waals surface area (Å²) in [6.07, 6.45) is -0.0882. The largest absolute Gasteiger partial charge is 0.326 e. The number of halogens is 3. The second kappa shape index (κ2) is 7.63. The summed E-state index contributed by atoms with van der Waals surface area (Å²) in [4.78, 5) is 24.7. The van der Waals surface area contributed by atoms with Crippen LogP contribution in [0.2, 0.25) is 0 Å². The molecule has 0 saturated heterocycles. The van der Waals surface area contributed by atoms with Crippen LogP contribution in [0.5, 0.6) is 0 Å². The van der Waals surface area contributed by atoms with Crippen molar-refractivity contribution in [1.82, 2.24) is 0 Å². The van der Waals surface area contributed by atoms with Crippen molar-refractivity contribution in [2.45, 2.75) is 13.3 Å². The van der Waals surface area contributed by atoms with Crippen molar-refractivity contribution in [1.29, 1.82) is 0 Å². The van der Waals surface area contributed by atoms with Crippen LogP contribution in [0.25, 0.3) is 0 Å². The van der Waals surface area contributed by atoms with Gasteiger partial charge in [0.05, 0.1) is 0 Å². The lowest BCUT2D eigenvalue weighted by molar-refractivity contribution is -0.117. The molecule has 2 aromatic carbocycles. The van der Waals surface area contributed by atoms with Crippen LogP contribution in [0.1, 0.15) is 13.3 Å². The number of carbonyl (C=O) groups excluding carboxylic acids is 2. The Balaban J connectivity index is 2.02. The van der Waals surface area contributed by atoms with Gasteiger partial charge in [0.2, 0.25) is 11.8 Å². The molecule has 4 nitrogen and oxygen atoms in total. The van der Waals surface area contributed by atoms with Crippen LogP contribution in [0, 0.1) is 17.5 Å². The third-order valence-electron chi connectivity index (χ3n) is 3.27. The zero-order valence-corrected chi connectivity index (χ0v) is 12.9. The van der Waals surface area contributed by atoms with Gasteiger partial charge in [0, 0.05) is 37.3 Å². The van der Waals surface area contributed by atoms with Crippen LogP contribution < -0.4 is 10.2 Å². The Morgan fingerprint density at radius 1 is 1.04 bits per heavy atom. The summed E-state index contributed by atoms with van der Waals surface area (Å²) >= 11 is 0. The summed E-state index contributed by atoms with van der Waals surface area (Å²) in [7, 11) is 0. The molecule has 0 aromatic heterocycles. The standard InChI is InChI=1S/C17H15F3N2O2/c1-11(23)22(14-5-6-15(19)16(20)10-14)8-7-17(24)21-13-4-2-3-12(18)9-13/h2-6,9-10H,7-8H2,1H3,(H,21,24). The summed E-state index contributed by atoms with van der Waals surface area (Å²) in [5.41, 5.74) is 0.446. The Bertz CT molecular complexity index is 765. The average molecular weight is 336 g/mol. The second-order valence-corrected chi connectivity index (χ2v) is 5.08. The minimum atomic E-state index is -1.08. The van der Waals surface area contributed by atoms with E-state index in [0.717, 1.165) is 23.1 Å². The van der Waals surface area contributed by atoms with Gasteiger partial charge < -0.3 is 10.2 Å². The molecule has 0 saturated carbocycles. The zero-order chi connectivity index (χ0) is 17.7. The summed E-state index contributed by atoms with van der Waals surface area (Å²) < 4.78 is 39.3. The first kappa shape index (κ1) is 17.5. The fourth-order valence-corrected chi connectivity index (χ4v) is 2.12. The van der Waals surface area contributed by atoms with Gasteiger partial charge in [-0.05, 0) is 30.3 Å². The van der Waals surface area contributed by atoms with E-state index in [4.69, 9.17) is 0 Å². The molecule has 24 heavy (non-hydrogen) atoms. The SMILES string of the molecule is CC(=O)N(CCC(=O)Nc1cccc(F)c1)c1ccc(F)c(F)c1. The Hall–Kier alpha value is -2.83. The summed E-state index contributed by atoms with van der Waals surface area (Å²) in [6, 6.07) is 8.44. The number of rotatable bonds is 5. The lowest BCUT2D eigenvalue weighted by Gasteiger charge is -2.21. The maximum Gasteiger partial charge on any atom is 0.226 e. The highest BCUT2D eigenvalue weighted by Crippen LogP contribution is 2.19. The van der Waals surface area contributed by atoms with Crippen LogP contribution >= 0.6 is 0 Å². The van der Waals surface area contributed by atoms with E-state index in [9.17, 15) is 22.8 Å². The monoisotopic (exact) mass is 336 g/mol. The van der Waals surface area contributed by atoms with Crippen LogP contribution in [0.3, 0.4) is 0 Å².